The highest BCUT2D eigenvalue weighted by Gasteiger charge is 2.22. The van der Waals surface area contributed by atoms with Crippen LogP contribution < -0.4 is 21.3 Å². The minimum atomic E-state index is -0.310. The molecule has 136 valence electrons. The van der Waals surface area contributed by atoms with Gasteiger partial charge in [0, 0.05) is 38.4 Å². The van der Waals surface area contributed by atoms with Crippen LogP contribution in [0, 0.1) is 0 Å². The van der Waals surface area contributed by atoms with Gasteiger partial charge in [-0.1, -0.05) is 0 Å². The van der Waals surface area contributed by atoms with Gasteiger partial charge in [-0.2, -0.15) is 0 Å². The number of primary amides is 1. The van der Waals surface area contributed by atoms with Crippen molar-refractivity contribution < 1.29 is 9.59 Å². The van der Waals surface area contributed by atoms with Crippen molar-refractivity contribution >= 4 is 23.4 Å². The number of hydrogen-bond acceptors (Lipinski definition) is 5. The van der Waals surface area contributed by atoms with Crippen molar-refractivity contribution in [1.29, 1.82) is 0 Å². The number of urea groups is 1. The lowest BCUT2D eigenvalue weighted by Crippen LogP contribution is -2.47. The van der Waals surface area contributed by atoms with Crippen molar-refractivity contribution in [2.45, 2.75) is 31.7 Å². The van der Waals surface area contributed by atoms with Crippen molar-refractivity contribution in [3.05, 3.63) is 18.3 Å². The monoisotopic (exact) mass is 346 g/mol. The van der Waals surface area contributed by atoms with Crippen LogP contribution in [0.5, 0.6) is 0 Å². The number of carbonyl (C=O) groups is 2. The second-order valence-electron chi connectivity index (χ2n) is 6.68. The van der Waals surface area contributed by atoms with Crippen LogP contribution in [-0.4, -0.2) is 60.6 Å². The zero-order chi connectivity index (χ0) is 17.6. The van der Waals surface area contributed by atoms with Gasteiger partial charge in [0.05, 0.1) is 12.2 Å². The van der Waals surface area contributed by atoms with Crippen LogP contribution in [-0.2, 0) is 4.79 Å². The molecule has 3 rings (SSSR count). The van der Waals surface area contributed by atoms with Crippen molar-refractivity contribution in [2.24, 2.45) is 5.73 Å². The maximum absolute atomic E-state index is 12.4. The van der Waals surface area contributed by atoms with Crippen LogP contribution in [0.25, 0.3) is 0 Å². The minimum absolute atomic E-state index is 0.107. The van der Waals surface area contributed by atoms with Crippen LogP contribution in [0.2, 0.25) is 0 Å². The van der Waals surface area contributed by atoms with Gasteiger partial charge in [-0.3, -0.25) is 9.69 Å². The fourth-order valence-corrected chi connectivity index (χ4v) is 3.48. The summed E-state index contributed by atoms with van der Waals surface area (Å²) in [5.41, 5.74) is 5.96. The highest BCUT2D eigenvalue weighted by molar-refractivity contribution is 5.92. The molecule has 2 saturated heterocycles. The molecule has 0 aliphatic carbocycles. The molecule has 4 N–H and O–H groups in total. The zero-order valence-corrected chi connectivity index (χ0v) is 14.4. The molecule has 1 aromatic heterocycles. The summed E-state index contributed by atoms with van der Waals surface area (Å²) in [5, 5.41) is 5.96. The number of anilines is 2. The lowest BCUT2D eigenvalue weighted by atomic mass is 10.1. The molecule has 25 heavy (non-hydrogen) atoms. The third-order valence-corrected chi connectivity index (χ3v) is 4.74. The van der Waals surface area contributed by atoms with Crippen LogP contribution in [0.1, 0.15) is 25.7 Å². The number of piperidine rings is 1. The van der Waals surface area contributed by atoms with Crippen LogP contribution >= 0.6 is 0 Å². The molecule has 0 aromatic carbocycles. The molecule has 0 spiro atoms. The van der Waals surface area contributed by atoms with Crippen molar-refractivity contribution in [2.75, 3.05) is 42.9 Å². The average molecular weight is 346 g/mol. The number of pyridine rings is 1. The fourth-order valence-electron chi connectivity index (χ4n) is 3.48. The third kappa shape index (κ3) is 4.82. The third-order valence-electron chi connectivity index (χ3n) is 4.74. The second-order valence-corrected chi connectivity index (χ2v) is 6.68. The van der Waals surface area contributed by atoms with E-state index in [1.165, 1.54) is 0 Å². The first-order chi connectivity index (χ1) is 12.1. The number of hydrogen-bond donors (Lipinski definition) is 3. The highest BCUT2D eigenvalue weighted by atomic mass is 16.2. The Balaban J connectivity index is 1.51. The molecule has 0 saturated carbocycles. The Hall–Kier alpha value is -2.35. The second kappa shape index (κ2) is 8.15. The molecule has 8 heteroatoms. The Morgan fingerprint density at radius 2 is 1.92 bits per heavy atom. The molecule has 3 amide bonds. The summed E-state index contributed by atoms with van der Waals surface area (Å²) in [7, 11) is 0. The Morgan fingerprint density at radius 1 is 1.20 bits per heavy atom. The summed E-state index contributed by atoms with van der Waals surface area (Å²) in [5.74, 6) is 0.529. The van der Waals surface area contributed by atoms with Gasteiger partial charge in [-0.25, -0.2) is 9.78 Å². The maximum Gasteiger partial charge on any atom is 0.319 e. The summed E-state index contributed by atoms with van der Waals surface area (Å²) in [4.78, 5) is 32.0. The van der Waals surface area contributed by atoms with Gasteiger partial charge >= 0.3 is 6.03 Å². The molecule has 0 radical (unpaired) electrons. The van der Waals surface area contributed by atoms with E-state index >= 15 is 0 Å². The first kappa shape index (κ1) is 17.5. The van der Waals surface area contributed by atoms with E-state index in [9.17, 15) is 9.59 Å². The van der Waals surface area contributed by atoms with Crippen molar-refractivity contribution in [1.82, 2.24) is 15.2 Å². The molecular weight excluding hydrogens is 320 g/mol. The van der Waals surface area contributed by atoms with Crippen LogP contribution in [0.3, 0.4) is 0 Å². The predicted octanol–water partition coefficient (Wildman–Crippen LogP) is 0.753. The lowest BCUT2D eigenvalue weighted by Gasteiger charge is -2.31. The number of nitrogens with zero attached hydrogens (tertiary/aromatic N) is 3. The quantitative estimate of drug-likeness (QED) is 0.730. The fraction of sp³-hybridized carbons (Fsp3) is 0.588. The Morgan fingerprint density at radius 3 is 2.60 bits per heavy atom. The molecular formula is C17H26N6O2. The van der Waals surface area contributed by atoms with E-state index in [-0.39, 0.29) is 24.5 Å². The van der Waals surface area contributed by atoms with E-state index in [1.54, 1.807) is 6.20 Å². The molecule has 0 atom stereocenters. The van der Waals surface area contributed by atoms with Crippen molar-refractivity contribution in [3.8, 4) is 0 Å². The molecule has 3 heterocycles. The standard InChI is InChI=1S/C17H26N6O2/c18-15(24)12-22-10-5-13(6-11-22)20-17(25)21-14-4-3-7-19-16(14)23-8-1-2-9-23/h3-4,7,13H,1-2,5-6,8-12H2,(H2,18,24)(H2,20,21,25). The lowest BCUT2D eigenvalue weighted by molar-refractivity contribution is -0.119. The molecule has 1 aromatic rings. The molecule has 0 unspecified atom stereocenters. The zero-order valence-electron chi connectivity index (χ0n) is 14.4. The summed E-state index contributed by atoms with van der Waals surface area (Å²) in [6.45, 7) is 3.77. The number of nitrogens with two attached hydrogens (primary N) is 1. The predicted molar refractivity (Wildman–Crippen MR) is 96.5 cm³/mol. The van der Waals surface area contributed by atoms with Gasteiger partial charge in [0.1, 0.15) is 0 Å². The first-order valence-electron chi connectivity index (χ1n) is 8.90. The number of amides is 3. The van der Waals surface area contributed by atoms with E-state index in [0.717, 1.165) is 63.4 Å². The Kier molecular flexibility index (Phi) is 5.70. The summed E-state index contributed by atoms with van der Waals surface area (Å²) in [6, 6.07) is 3.62. The van der Waals surface area contributed by atoms with Gasteiger partial charge in [-0.15, -0.1) is 0 Å². The number of nitrogens with one attached hydrogen (secondary N) is 2. The highest BCUT2D eigenvalue weighted by Crippen LogP contribution is 2.26. The van der Waals surface area contributed by atoms with Gasteiger partial charge in [0.15, 0.2) is 5.82 Å². The van der Waals surface area contributed by atoms with Gasteiger partial charge in [0.25, 0.3) is 0 Å². The molecule has 8 nitrogen and oxygen atoms in total. The smallest absolute Gasteiger partial charge is 0.319 e. The first-order valence-corrected chi connectivity index (χ1v) is 8.90. The molecule has 2 aliphatic heterocycles. The van der Waals surface area contributed by atoms with Gasteiger partial charge in [0.2, 0.25) is 5.91 Å². The molecule has 0 bridgehead atoms. The summed E-state index contributed by atoms with van der Waals surface area (Å²) in [6.07, 6.45) is 5.70. The maximum atomic E-state index is 12.4. The normalized spacial score (nSPS) is 19.0. The number of rotatable bonds is 5. The molecule has 2 aliphatic rings. The van der Waals surface area contributed by atoms with E-state index < -0.39 is 0 Å². The minimum Gasteiger partial charge on any atom is -0.369 e. The number of likely N-dealkylation sites (tertiary alicyclic amines) is 1. The molecule has 2 fully saturated rings. The van der Waals surface area contributed by atoms with E-state index in [0.29, 0.717) is 0 Å². The SMILES string of the molecule is NC(=O)CN1CCC(NC(=O)Nc2cccnc2N2CCCC2)CC1. The van der Waals surface area contributed by atoms with E-state index in [1.807, 2.05) is 17.0 Å². The summed E-state index contributed by atoms with van der Waals surface area (Å²) >= 11 is 0. The Bertz CT molecular complexity index is 609. The van der Waals surface area contributed by atoms with Gasteiger partial charge in [-0.05, 0) is 37.8 Å². The topological polar surface area (TPSA) is 104 Å². The average Bonchev–Trinajstić information content (AvgIpc) is 3.11. The van der Waals surface area contributed by atoms with Crippen LogP contribution in [0.4, 0.5) is 16.3 Å². The van der Waals surface area contributed by atoms with Crippen LogP contribution in [0.15, 0.2) is 18.3 Å². The Labute approximate surface area is 147 Å². The number of aromatic nitrogens is 1. The van der Waals surface area contributed by atoms with Gasteiger partial charge < -0.3 is 21.3 Å². The number of carbonyl (C=O) groups excluding carboxylic acids is 2. The summed E-state index contributed by atoms with van der Waals surface area (Å²) < 4.78 is 0. The van der Waals surface area contributed by atoms with E-state index in [4.69, 9.17) is 5.73 Å². The largest absolute Gasteiger partial charge is 0.369 e. The van der Waals surface area contributed by atoms with E-state index in [2.05, 4.69) is 20.5 Å². The van der Waals surface area contributed by atoms with Crippen molar-refractivity contribution in [3.63, 3.8) is 0 Å².